The van der Waals surface area contributed by atoms with Gasteiger partial charge in [0.25, 0.3) is 5.91 Å². The van der Waals surface area contributed by atoms with Crippen LogP contribution in [0.25, 0.3) is 0 Å². The van der Waals surface area contributed by atoms with Crippen molar-refractivity contribution in [3.8, 4) is 0 Å². The van der Waals surface area contributed by atoms with E-state index >= 15 is 0 Å². The summed E-state index contributed by atoms with van der Waals surface area (Å²) in [7, 11) is 0. The Bertz CT molecular complexity index is 734. The third-order valence-electron chi connectivity index (χ3n) is 2.59. The molecule has 0 radical (unpaired) electrons. The van der Waals surface area contributed by atoms with Crippen LogP contribution in [0.15, 0.2) is 23.4 Å². The van der Waals surface area contributed by atoms with E-state index in [1.807, 2.05) is 6.26 Å². The monoisotopic (exact) mass is 375 g/mol. The number of benzene rings is 1. The molecule has 0 aliphatic carbocycles. The molecular weight excluding hydrogens is 365 g/mol. The van der Waals surface area contributed by atoms with Crippen molar-refractivity contribution in [3.05, 3.63) is 39.6 Å². The second-order valence-corrected chi connectivity index (χ2v) is 6.11. The average molecular weight is 376 g/mol. The summed E-state index contributed by atoms with van der Waals surface area (Å²) in [5.41, 5.74) is 3.08. The number of carbonyl (C=O) groups is 1. The quantitative estimate of drug-likeness (QED) is 0.634. The molecule has 0 atom stereocenters. The van der Waals surface area contributed by atoms with Crippen LogP contribution < -0.4 is 10.7 Å². The van der Waals surface area contributed by atoms with Gasteiger partial charge in [0, 0.05) is 5.02 Å². The van der Waals surface area contributed by atoms with Crippen LogP contribution in [-0.4, -0.2) is 32.1 Å². The Morgan fingerprint density at radius 3 is 2.77 bits per heavy atom. The smallest absolute Gasteiger partial charge is 0.259 e. The van der Waals surface area contributed by atoms with E-state index in [-0.39, 0.29) is 15.7 Å². The van der Waals surface area contributed by atoms with Gasteiger partial charge in [-0.15, -0.1) is 10.2 Å². The van der Waals surface area contributed by atoms with Crippen LogP contribution in [0.5, 0.6) is 0 Å². The summed E-state index contributed by atoms with van der Waals surface area (Å²) in [6, 6.07) is 4.62. The van der Waals surface area contributed by atoms with Crippen LogP contribution in [0.4, 0.5) is 0 Å². The molecule has 0 unspecified atom stereocenters. The number of amides is 1. The lowest BCUT2D eigenvalue weighted by Gasteiger charge is -2.13. The first-order valence-electron chi connectivity index (χ1n) is 5.95. The lowest BCUT2D eigenvalue weighted by molar-refractivity contribution is 0.0977. The van der Waals surface area contributed by atoms with Crippen molar-refractivity contribution < 1.29 is 4.79 Å². The van der Waals surface area contributed by atoms with Crippen LogP contribution in [0.3, 0.4) is 0 Å². The zero-order valence-corrected chi connectivity index (χ0v) is 14.7. The van der Waals surface area contributed by atoms with Crippen LogP contribution in [0.2, 0.25) is 10.0 Å². The summed E-state index contributed by atoms with van der Waals surface area (Å²) >= 11 is 18.4. The molecule has 0 fully saturated rings. The molecular formula is C12H11Cl2N5OS2. The Kier molecular flexibility index (Phi) is 5.63. The van der Waals surface area contributed by atoms with Gasteiger partial charge in [-0.1, -0.05) is 35.0 Å². The number of thioether (sulfide) groups is 1. The van der Waals surface area contributed by atoms with Gasteiger partial charge < -0.3 is 0 Å². The molecule has 116 valence electrons. The first kappa shape index (κ1) is 17.0. The van der Waals surface area contributed by atoms with Crippen molar-refractivity contribution in [2.75, 3.05) is 11.7 Å². The number of nitrogens with zero attached hydrogens (tertiary/aromatic N) is 3. The number of hydrogen-bond acceptors (Lipinski definition) is 5. The van der Waals surface area contributed by atoms with Crippen molar-refractivity contribution in [1.29, 1.82) is 0 Å². The first-order chi connectivity index (χ1) is 10.4. The number of hydrogen-bond donors (Lipinski definition) is 2. The summed E-state index contributed by atoms with van der Waals surface area (Å²) in [6.45, 7) is 1.76. The minimum atomic E-state index is -0.457. The summed E-state index contributed by atoms with van der Waals surface area (Å²) < 4.78 is 1.58. The van der Waals surface area contributed by atoms with Gasteiger partial charge in [-0.05, 0) is 43.6 Å². The van der Waals surface area contributed by atoms with E-state index in [2.05, 4.69) is 20.9 Å². The molecule has 2 aromatic rings. The van der Waals surface area contributed by atoms with Crippen molar-refractivity contribution in [1.82, 2.24) is 20.2 Å². The molecule has 10 heteroatoms. The van der Waals surface area contributed by atoms with Crippen molar-refractivity contribution in [2.24, 2.45) is 0 Å². The summed E-state index contributed by atoms with van der Waals surface area (Å²) in [6.07, 6.45) is 1.86. The lowest BCUT2D eigenvalue weighted by atomic mass is 10.2. The Morgan fingerprint density at radius 2 is 2.09 bits per heavy atom. The maximum Gasteiger partial charge on any atom is 0.259 e. The Morgan fingerprint density at radius 1 is 1.36 bits per heavy atom. The van der Waals surface area contributed by atoms with E-state index in [4.69, 9.17) is 35.4 Å². The van der Waals surface area contributed by atoms with Gasteiger partial charge in [0.15, 0.2) is 5.11 Å². The van der Waals surface area contributed by atoms with Gasteiger partial charge in [-0.25, -0.2) is 4.68 Å². The van der Waals surface area contributed by atoms with Gasteiger partial charge in [-0.2, -0.15) is 0 Å². The van der Waals surface area contributed by atoms with Crippen LogP contribution >= 0.6 is 47.2 Å². The lowest BCUT2D eigenvalue weighted by Crippen LogP contribution is -2.38. The van der Waals surface area contributed by atoms with Gasteiger partial charge in [0.05, 0.1) is 10.6 Å². The zero-order chi connectivity index (χ0) is 16.3. The molecule has 0 aliphatic heterocycles. The number of aromatic nitrogens is 3. The maximum atomic E-state index is 12.2. The van der Waals surface area contributed by atoms with E-state index in [1.165, 1.54) is 17.8 Å². The molecule has 0 spiro atoms. The number of rotatable bonds is 3. The van der Waals surface area contributed by atoms with E-state index in [0.717, 1.165) is 0 Å². The Labute approximate surface area is 146 Å². The van der Waals surface area contributed by atoms with Crippen molar-refractivity contribution >= 4 is 58.2 Å². The summed E-state index contributed by atoms with van der Waals surface area (Å²) in [4.78, 5) is 12.2. The number of carbonyl (C=O) groups excluding carboxylic acids is 1. The minimum absolute atomic E-state index is 0.0965. The molecule has 0 bridgehead atoms. The molecule has 2 N–H and O–H groups in total. The van der Waals surface area contributed by atoms with E-state index in [0.29, 0.717) is 16.0 Å². The average Bonchev–Trinajstić information content (AvgIpc) is 2.82. The Hall–Kier alpha value is -1.35. The highest BCUT2D eigenvalue weighted by atomic mass is 35.5. The van der Waals surface area contributed by atoms with Crippen LogP contribution in [0.1, 0.15) is 16.2 Å². The third-order valence-corrected chi connectivity index (χ3v) is 3.98. The highest BCUT2D eigenvalue weighted by Crippen LogP contribution is 2.20. The first-order valence-corrected chi connectivity index (χ1v) is 8.34. The molecule has 0 aliphatic rings. The molecule has 22 heavy (non-hydrogen) atoms. The summed E-state index contributed by atoms with van der Waals surface area (Å²) in [5.74, 6) is 0.156. The van der Waals surface area contributed by atoms with Gasteiger partial charge >= 0.3 is 0 Å². The second kappa shape index (κ2) is 7.28. The number of halogens is 2. The highest BCUT2D eigenvalue weighted by molar-refractivity contribution is 7.98. The fourth-order valence-electron chi connectivity index (χ4n) is 1.58. The predicted octanol–water partition coefficient (Wildman–Crippen LogP) is 2.87. The topological polar surface area (TPSA) is 71.8 Å². The maximum absolute atomic E-state index is 12.2. The SMILES string of the molecule is CSc1nnc(C)n1NC(=S)NC(=O)c1cc(Cl)ccc1Cl. The molecule has 1 aromatic heterocycles. The fourth-order valence-corrected chi connectivity index (χ4v) is 2.62. The van der Waals surface area contributed by atoms with Gasteiger partial charge in [-0.3, -0.25) is 15.5 Å². The van der Waals surface area contributed by atoms with Crippen molar-refractivity contribution in [2.45, 2.75) is 12.1 Å². The second-order valence-electron chi connectivity index (χ2n) is 4.09. The molecule has 1 heterocycles. The number of aryl methyl sites for hydroxylation is 1. The van der Waals surface area contributed by atoms with E-state index < -0.39 is 5.91 Å². The molecule has 6 nitrogen and oxygen atoms in total. The number of nitrogens with one attached hydrogen (secondary N) is 2. The Balaban J connectivity index is 2.10. The largest absolute Gasteiger partial charge is 0.298 e. The normalized spacial score (nSPS) is 10.4. The van der Waals surface area contributed by atoms with Crippen molar-refractivity contribution in [3.63, 3.8) is 0 Å². The molecule has 0 saturated heterocycles. The highest BCUT2D eigenvalue weighted by Gasteiger charge is 2.14. The third kappa shape index (κ3) is 3.89. The molecule has 1 aromatic carbocycles. The van der Waals surface area contributed by atoms with Crippen LogP contribution in [0, 0.1) is 6.92 Å². The predicted molar refractivity (Wildman–Crippen MR) is 92.4 cm³/mol. The molecule has 2 rings (SSSR count). The molecule has 1 amide bonds. The molecule has 0 saturated carbocycles. The number of thiocarbonyl (C=S) groups is 1. The van der Waals surface area contributed by atoms with Crippen LogP contribution in [-0.2, 0) is 0 Å². The minimum Gasteiger partial charge on any atom is -0.298 e. The van der Waals surface area contributed by atoms with Gasteiger partial charge in [0.2, 0.25) is 5.16 Å². The zero-order valence-electron chi connectivity index (χ0n) is 11.6. The fraction of sp³-hybridized carbons (Fsp3) is 0.167. The van der Waals surface area contributed by atoms with E-state index in [9.17, 15) is 4.79 Å². The summed E-state index contributed by atoms with van der Waals surface area (Å²) in [5, 5.41) is 11.8. The van der Waals surface area contributed by atoms with Gasteiger partial charge in [0.1, 0.15) is 5.82 Å². The standard InChI is InChI=1S/C12H11Cl2N5OS2/c1-6-16-17-12(22-2)19(6)18-11(21)15-10(20)8-5-7(13)3-4-9(8)14/h3-5H,1-2H3,(H2,15,18,20,21). The van der Waals surface area contributed by atoms with E-state index in [1.54, 1.807) is 23.7 Å².